The topological polar surface area (TPSA) is 88.5 Å². The Bertz CT molecular complexity index is 902. The van der Waals surface area contributed by atoms with Gasteiger partial charge in [0.05, 0.1) is 12.3 Å². The van der Waals surface area contributed by atoms with Gasteiger partial charge in [-0.1, -0.05) is 48.7 Å². The minimum Gasteiger partial charge on any atom is -0.464 e. The summed E-state index contributed by atoms with van der Waals surface area (Å²) in [6, 6.07) is 14.3. The zero-order valence-corrected chi connectivity index (χ0v) is 18.1. The molecule has 0 aliphatic rings. The molecule has 0 spiro atoms. The van der Waals surface area contributed by atoms with Crippen LogP contribution in [-0.2, 0) is 20.7 Å². The lowest BCUT2D eigenvalue weighted by Gasteiger charge is -2.21. The van der Waals surface area contributed by atoms with Gasteiger partial charge in [0.25, 0.3) is 0 Å². The van der Waals surface area contributed by atoms with Crippen LogP contribution in [0.3, 0.4) is 0 Å². The summed E-state index contributed by atoms with van der Waals surface area (Å²) in [4.78, 5) is 27.9. The van der Waals surface area contributed by atoms with Crippen molar-refractivity contribution in [1.82, 2.24) is 10.3 Å². The third-order valence-corrected chi connectivity index (χ3v) is 4.62. The van der Waals surface area contributed by atoms with Crippen molar-refractivity contribution in [2.45, 2.75) is 58.1 Å². The molecule has 0 saturated carbocycles. The lowest BCUT2D eigenvalue weighted by molar-refractivity contribution is -0.150. The summed E-state index contributed by atoms with van der Waals surface area (Å²) in [7, 11) is 0. The van der Waals surface area contributed by atoms with Crippen molar-refractivity contribution in [3.8, 4) is 11.8 Å². The third-order valence-electron chi connectivity index (χ3n) is 4.62. The van der Waals surface area contributed by atoms with Gasteiger partial charge in [-0.25, -0.2) is 9.78 Å². The monoisotopic (exact) mass is 422 g/mol. The summed E-state index contributed by atoms with van der Waals surface area (Å²) in [5, 5.41) is 13.0. The second kappa shape index (κ2) is 13.2. The summed E-state index contributed by atoms with van der Waals surface area (Å²) in [5.41, 5.74) is 2.11. The molecule has 1 heterocycles. The van der Waals surface area contributed by atoms with E-state index in [1.54, 1.807) is 25.1 Å². The Hall–Kier alpha value is -3.17. The lowest BCUT2D eigenvalue weighted by Crippen LogP contribution is -2.45. The molecule has 6 nitrogen and oxygen atoms in total. The lowest BCUT2D eigenvalue weighted by atomic mass is 10.1. The molecule has 0 aliphatic carbocycles. The Morgan fingerprint density at radius 1 is 1.10 bits per heavy atom. The number of pyridine rings is 1. The van der Waals surface area contributed by atoms with Gasteiger partial charge in [0.15, 0.2) is 6.04 Å². The molecule has 2 aromatic rings. The molecule has 0 saturated heterocycles. The molecule has 0 radical (unpaired) electrons. The Morgan fingerprint density at radius 2 is 1.87 bits per heavy atom. The highest BCUT2D eigenvalue weighted by molar-refractivity contribution is 5.83. The number of ether oxygens (including phenoxy) is 1. The highest BCUT2D eigenvalue weighted by Crippen LogP contribution is 2.16. The fourth-order valence-electron chi connectivity index (χ4n) is 3.09. The predicted molar refractivity (Wildman–Crippen MR) is 119 cm³/mol. The van der Waals surface area contributed by atoms with E-state index in [2.05, 4.69) is 46.4 Å². The Morgan fingerprint density at radius 3 is 2.58 bits per heavy atom. The van der Waals surface area contributed by atoms with Crippen molar-refractivity contribution in [2.75, 3.05) is 6.61 Å². The van der Waals surface area contributed by atoms with E-state index in [1.165, 1.54) is 12.5 Å². The molecule has 2 atom stereocenters. The van der Waals surface area contributed by atoms with Gasteiger partial charge in [0, 0.05) is 13.3 Å². The van der Waals surface area contributed by atoms with Crippen molar-refractivity contribution in [3.05, 3.63) is 65.5 Å². The zero-order chi connectivity index (χ0) is 22.5. The summed E-state index contributed by atoms with van der Waals surface area (Å²) in [6.45, 7) is 3.07. The van der Waals surface area contributed by atoms with Crippen LogP contribution in [0.4, 0.5) is 0 Å². The van der Waals surface area contributed by atoms with Crippen LogP contribution in [0.25, 0.3) is 0 Å². The molecule has 2 N–H and O–H groups in total. The van der Waals surface area contributed by atoms with Gasteiger partial charge in [0.1, 0.15) is 11.8 Å². The molecule has 1 aromatic carbocycles. The van der Waals surface area contributed by atoms with Crippen molar-refractivity contribution >= 4 is 11.9 Å². The first-order chi connectivity index (χ1) is 15.0. The maximum absolute atomic E-state index is 12.1. The number of nitrogens with one attached hydrogen (secondary N) is 1. The number of hydrogen-bond donors (Lipinski definition) is 2. The first-order valence-electron chi connectivity index (χ1n) is 10.6. The number of amides is 1. The van der Waals surface area contributed by atoms with E-state index < -0.39 is 24.0 Å². The highest BCUT2D eigenvalue weighted by Gasteiger charge is 2.31. The number of esters is 1. The smallest absolute Gasteiger partial charge is 0.331 e. The average Bonchev–Trinajstić information content (AvgIpc) is 2.77. The molecule has 0 aliphatic heterocycles. The van der Waals surface area contributed by atoms with Crippen LogP contribution >= 0.6 is 0 Å². The van der Waals surface area contributed by atoms with Crippen LogP contribution in [0.15, 0.2) is 48.5 Å². The average molecular weight is 423 g/mol. The van der Waals surface area contributed by atoms with Crippen molar-refractivity contribution in [1.29, 1.82) is 0 Å². The van der Waals surface area contributed by atoms with Crippen molar-refractivity contribution in [3.63, 3.8) is 0 Å². The van der Waals surface area contributed by atoms with Crippen LogP contribution in [0.1, 0.15) is 62.6 Å². The predicted octanol–water partition coefficient (Wildman–Crippen LogP) is 3.34. The Labute approximate surface area is 184 Å². The minimum atomic E-state index is -1.33. The third kappa shape index (κ3) is 8.61. The van der Waals surface area contributed by atoms with Crippen LogP contribution in [0.2, 0.25) is 0 Å². The van der Waals surface area contributed by atoms with Crippen LogP contribution in [-0.4, -0.2) is 34.6 Å². The molecular weight excluding hydrogens is 392 g/mol. The molecule has 2 rings (SSSR count). The van der Waals surface area contributed by atoms with Crippen molar-refractivity contribution in [2.24, 2.45) is 0 Å². The first-order valence-corrected chi connectivity index (χ1v) is 10.6. The van der Waals surface area contributed by atoms with E-state index in [0.717, 1.165) is 32.1 Å². The number of aromatic nitrogens is 1. The maximum Gasteiger partial charge on any atom is 0.331 e. The number of unbranched alkanes of at least 4 members (excludes halogenated alkanes) is 3. The van der Waals surface area contributed by atoms with Crippen LogP contribution < -0.4 is 5.32 Å². The number of hydrogen-bond acceptors (Lipinski definition) is 5. The maximum atomic E-state index is 12.1. The fraction of sp³-hybridized carbons (Fsp3) is 0.400. The van der Waals surface area contributed by atoms with Crippen LogP contribution in [0, 0.1) is 11.8 Å². The molecule has 6 heteroatoms. The van der Waals surface area contributed by atoms with Gasteiger partial charge in [-0.15, -0.1) is 0 Å². The number of aliphatic hydroxyl groups is 1. The Kier molecular flexibility index (Phi) is 10.3. The molecule has 2 unspecified atom stereocenters. The minimum absolute atomic E-state index is 0.145. The van der Waals surface area contributed by atoms with Crippen molar-refractivity contribution < 1.29 is 19.4 Å². The number of nitrogens with zero attached hydrogens (tertiary/aromatic N) is 1. The molecular formula is C25H30N2O4. The molecule has 1 aromatic heterocycles. The second-order valence-corrected chi connectivity index (χ2v) is 7.17. The highest BCUT2D eigenvalue weighted by atomic mass is 16.5. The molecule has 0 bridgehead atoms. The zero-order valence-electron chi connectivity index (χ0n) is 18.1. The van der Waals surface area contributed by atoms with Gasteiger partial charge < -0.3 is 15.2 Å². The number of aryl methyl sites for hydroxylation is 1. The number of benzene rings is 1. The van der Waals surface area contributed by atoms with E-state index in [4.69, 9.17) is 4.74 Å². The van der Waals surface area contributed by atoms with Gasteiger partial charge in [-0.2, -0.15) is 0 Å². The van der Waals surface area contributed by atoms with E-state index in [1.807, 2.05) is 6.07 Å². The number of carbonyl (C=O) groups is 2. The quantitative estimate of drug-likeness (QED) is 0.348. The van der Waals surface area contributed by atoms with Gasteiger partial charge in [0.2, 0.25) is 5.91 Å². The summed E-state index contributed by atoms with van der Waals surface area (Å²) >= 11 is 0. The van der Waals surface area contributed by atoms with Gasteiger partial charge in [-0.05, 0) is 49.8 Å². The van der Waals surface area contributed by atoms with Gasteiger partial charge >= 0.3 is 5.97 Å². The summed E-state index contributed by atoms with van der Waals surface area (Å²) in [6.07, 6.45) is 3.75. The molecule has 164 valence electrons. The molecule has 1 amide bonds. The van der Waals surface area contributed by atoms with E-state index in [9.17, 15) is 14.7 Å². The fourth-order valence-corrected chi connectivity index (χ4v) is 3.09. The number of rotatable bonds is 10. The van der Waals surface area contributed by atoms with E-state index >= 15 is 0 Å². The normalized spacial score (nSPS) is 12.2. The van der Waals surface area contributed by atoms with E-state index in [-0.39, 0.29) is 12.3 Å². The molecule has 0 fully saturated rings. The number of aliphatic hydroxyl groups excluding tert-OH is 1. The number of carbonyl (C=O) groups excluding carboxylic acids is 2. The van der Waals surface area contributed by atoms with Gasteiger partial charge in [-0.3, -0.25) is 4.79 Å². The first kappa shape index (κ1) is 24.1. The Balaban J connectivity index is 1.89. The standard InChI is InChI=1S/C25H30N2O4/c1-3-31-25(30)23(26-19(2)28)24(29)22-18-12-17-21(27-22)16-11-6-4-5-8-13-20-14-9-7-10-15-20/h7,9-10,12,14-15,17-18,23-24,29H,3-6,8,13H2,1-2H3,(H,26,28). The van der Waals surface area contributed by atoms with E-state index in [0.29, 0.717) is 5.69 Å². The molecule has 31 heavy (non-hydrogen) atoms. The SMILES string of the molecule is CCOC(=O)C(NC(C)=O)C(O)c1cccc(C#CCCCCCc2ccccc2)n1. The summed E-state index contributed by atoms with van der Waals surface area (Å²) < 4.78 is 4.95. The summed E-state index contributed by atoms with van der Waals surface area (Å²) in [5.74, 6) is 4.97. The largest absolute Gasteiger partial charge is 0.464 e. The second-order valence-electron chi connectivity index (χ2n) is 7.17. The van der Waals surface area contributed by atoms with Crippen LogP contribution in [0.5, 0.6) is 0 Å².